The lowest BCUT2D eigenvalue weighted by atomic mass is 9.79. The molecular weight excluding hydrogens is 284 g/mol. The maximum atomic E-state index is 12.3. The first-order valence-corrected chi connectivity index (χ1v) is 6.52. The van der Waals surface area contributed by atoms with Gasteiger partial charge in [0.25, 0.3) is 0 Å². The summed E-state index contributed by atoms with van der Waals surface area (Å²) in [6, 6.07) is 0. The van der Waals surface area contributed by atoms with Crippen molar-refractivity contribution in [1.82, 2.24) is 5.32 Å². The number of carbonyl (C=O) groups is 2. The van der Waals surface area contributed by atoms with E-state index in [4.69, 9.17) is 15.2 Å². The van der Waals surface area contributed by atoms with E-state index in [1.165, 1.54) is 7.11 Å². The first-order chi connectivity index (χ1) is 8.88. The summed E-state index contributed by atoms with van der Waals surface area (Å²) in [6.45, 7) is 5.09. The zero-order valence-electron chi connectivity index (χ0n) is 12.4. The Kier molecular flexibility index (Phi) is 7.47. The number of amides is 1. The van der Waals surface area contributed by atoms with Crippen molar-refractivity contribution in [3.8, 4) is 0 Å². The van der Waals surface area contributed by atoms with Crippen LogP contribution >= 0.6 is 12.4 Å². The number of carbonyl (C=O) groups excluding carboxylic acids is 2. The van der Waals surface area contributed by atoms with Crippen LogP contribution < -0.4 is 11.1 Å². The predicted molar refractivity (Wildman–Crippen MR) is 77.6 cm³/mol. The number of ether oxygens (including phenoxy) is 2. The maximum Gasteiger partial charge on any atom is 0.313 e. The standard InChI is InChI=1S/C13H24N2O4.ClH/c1-12(2,11(17)18-3)9-15-10(16)13(8-14)4-6-19-7-5-13;/h4-9,14H2,1-3H3,(H,15,16);1H. The Morgan fingerprint density at radius 1 is 1.35 bits per heavy atom. The van der Waals surface area contributed by atoms with Crippen LogP contribution in [0.1, 0.15) is 26.7 Å². The third-order valence-corrected chi connectivity index (χ3v) is 3.75. The molecule has 1 aliphatic rings. The van der Waals surface area contributed by atoms with Crippen molar-refractivity contribution >= 4 is 24.3 Å². The van der Waals surface area contributed by atoms with Gasteiger partial charge in [-0.1, -0.05) is 0 Å². The van der Waals surface area contributed by atoms with Gasteiger partial charge in [-0.05, 0) is 26.7 Å². The van der Waals surface area contributed by atoms with Gasteiger partial charge in [0.15, 0.2) is 0 Å². The van der Waals surface area contributed by atoms with Gasteiger partial charge in [-0.2, -0.15) is 0 Å². The Morgan fingerprint density at radius 2 is 1.90 bits per heavy atom. The molecule has 1 saturated heterocycles. The van der Waals surface area contributed by atoms with Gasteiger partial charge in [0.2, 0.25) is 5.91 Å². The van der Waals surface area contributed by atoms with Gasteiger partial charge in [-0.3, -0.25) is 9.59 Å². The van der Waals surface area contributed by atoms with Gasteiger partial charge in [0, 0.05) is 26.3 Å². The average Bonchev–Trinajstić information content (AvgIpc) is 2.44. The minimum atomic E-state index is -0.745. The monoisotopic (exact) mass is 308 g/mol. The van der Waals surface area contributed by atoms with Gasteiger partial charge < -0.3 is 20.5 Å². The van der Waals surface area contributed by atoms with E-state index in [-0.39, 0.29) is 30.8 Å². The lowest BCUT2D eigenvalue weighted by Crippen LogP contribution is -2.51. The van der Waals surface area contributed by atoms with Gasteiger partial charge in [-0.25, -0.2) is 0 Å². The molecule has 6 nitrogen and oxygen atoms in total. The molecule has 1 fully saturated rings. The van der Waals surface area contributed by atoms with Crippen LogP contribution in [-0.2, 0) is 19.1 Å². The summed E-state index contributed by atoms with van der Waals surface area (Å²) in [5.41, 5.74) is 4.45. The molecule has 0 atom stereocenters. The molecule has 1 amide bonds. The molecular formula is C13H25ClN2O4. The zero-order chi connectivity index (χ0) is 14.5. The fourth-order valence-corrected chi connectivity index (χ4v) is 2.12. The second-order valence-corrected chi connectivity index (χ2v) is 5.65. The fraction of sp³-hybridized carbons (Fsp3) is 0.846. The number of methoxy groups -OCH3 is 1. The Bertz CT molecular complexity index is 341. The highest BCUT2D eigenvalue weighted by atomic mass is 35.5. The Labute approximate surface area is 126 Å². The predicted octanol–water partition coefficient (Wildman–Crippen LogP) is 0.479. The molecule has 1 heterocycles. The summed E-state index contributed by atoms with van der Waals surface area (Å²) >= 11 is 0. The molecule has 0 unspecified atom stereocenters. The van der Waals surface area contributed by atoms with Crippen molar-refractivity contribution in [2.75, 3.05) is 33.4 Å². The second-order valence-electron chi connectivity index (χ2n) is 5.65. The number of halogens is 1. The normalized spacial score (nSPS) is 17.8. The van der Waals surface area contributed by atoms with Crippen LogP contribution in [0.3, 0.4) is 0 Å². The van der Waals surface area contributed by atoms with E-state index in [0.717, 1.165) is 0 Å². The molecule has 7 heteroatoms. The molecule has 0 spiro atoms. The lowest BCUT2D eigenvalue weighted by molar-refractivity contribution is -0.151. The fourth-order valence-electron chi connectivity index (χ4n) is 2.12. The third-order valence-electron chi connectivity index (χ3n) is 3.75. The number of nitrogens with two attached hydrogens (primary N) is 1. The van der Waals surface area contributed by atoms with Crippen molar-refractivity contribution in [2.24, 2.45) is 16.6 Å². The van der Waals surface area contributed by atoms with Gasteiger partial charge >= 0.3 is 5.97 Å². The molecule has 0 radical (unpaired) electrons. The summed E-state index contributed by atoms with van der Waals surface area (Å²) in [5.74, 6) is -0.447. The molecule has 1 rings (SSSR count). The van der Waals surface area contributed by atoms with E-state index in [1.807, 2.05) is 0 Å². The first-order valence-electron chi connectivity index (χ1n) is 6.52. The number of hydrogen-bond acceptors (Lipinski definition) is 5. The molecule has 1 aliphatic heterocycles. The van der Waals surface area contributed by atoms with E-state index >= 15 is 0 Å². The van der Waals surface area contributed by atoms with E-state index < -0.39 is 10.8 Å². The summed E-state index contributed by atoms with van der Waals surface area (Å²) < 4.78 is 9.98. The zero-order valence-corrected chi connectivity index (χ0v) is 13.2. The maximum absolute atomic E-state index is 12.3. The number of nitrogens with one attached hydrogen (secondary N) is 1. The molecule has 3 N–H and O–H groups in total. The molecule has 0 aromatic carbocycles. The smallest absolute Gasteiger partial charge is 0.313 e. The largest absolute Gasteiger partial charge is 0.469 e. The highest BCUT2D eigenvalue weighted by Gasteiger charge is 2.40. The minimum absolute atomic E-state index is 0. The Morgan fingerprint density at radius 3 is 2.35 bits per heavy atom. The Hall–Kier alpha value is -0.850. The molecule has 0 bridgehead atoms. The van der Waals surface area contributed by atoms with Crippen LogP contribution in [-0.4, -0.2) is 45.3 Å². The van der Waals surface area contributed by atoms with Gasteiger partial charge in [0.05, 0.1) is 17.9 Å². The van der Waals surface area contributed by atoms with Crippen molar-refractivity contribution < 1.29 is 19.1 Å². The van der Waals surface area contributed by atoms with Crippen LogP contribution in [0, 0.1) is 10.8 Å². The van der Waals surface area contributed by atoms with Crippen LogP contribution in [0.5, 0.6) is 0 Å². The quantitative estimate of drug-likeness (QED) is 0.721. The highest BCUT2D eigenvalue weighted by Crippen LogP contribution is 2.29. The van der Waals surface area contributed by atoms with E-state index in [9.17, 15) is 9.59 Å². The van der Waals surface area contributed by atoms with Crippen LogP contribution in [0.25, 0.3) is 0 Å². The van der Waals surface area contributed by atoms with Crippen LogP contribution in [0.4, 0.5) is 0 Å². The minimum Gasteiger partial charge on any atom is -0.469 e. The molecule has 0 aromatic heterocycles. The van der Waals surface area contributed by atoms with Gasteiger partial charge in [-0.15, -0.1) is 12.4 Å². The van der Waals surface area contributed by atoms with Crippen molar-refractivity contribution in [2.45, 2.75) is 26.7 Å². The van der Waals surface area contributed by atoms with Gasteiger partial charge in [0.1, 0.15) is 0 Å². The highest BCUT2D eigenvalue weighted by molar-refractivity contribution is 5.85. The molecule has 20 heavy (non-hydrogen) atoms. The van der Waals surface area contributed by atoms with Crippen molar-refractivity contribution in [1.29, 1.82) is 0 Å². The first kappa shape index (κ1) is 19.1. The molecule has 0 aromatic rings. The number of esters is 1. The van der Waals surface area contributed by atoms with E-state index in [2.05, 4.69) is 5.32 Å². The average molecular weight is 309 g/mol. The molecule has 0 saturated carbocycles. The third kappa shape index (κ3) is 4.33. The van der Waals surface area contributed by atoms with Crippen molar-refractivity contribution in [3.05, 3.63) is 0 Å². The lowest BCUT2D eigenvalue weighted by Gasteiger charge is -2.35. The summed E-state index contributed by atoms with van der Waals surface area (Å²) in [6.07, 6.45) is 1.24. The van der Waals surface area contributed by atoms with Crippen LogP contribution in [0.15, 0.2) is 0 Å². The molecule has 0 aliphatic carbocycles. The molecule has 118 valence electrons. The van der Waals surface area contributed by atoms with E-state index in [1.54, 1.807) is 13.8 Å². The summed E-state index contributed by atoms with van der Waals surface area (Å²) in [7, 11) is 1.34. The van der Waals surface area contributed by atoms with Crippen molar-refractivity contribution in [3.63, 3.8) is 0 Å². The number of rotatable bonds is 5. The SMILES string of the molecule is COC(=O)C(C)(C)CNC(=O)C1(CN)CCOCC1.Cl. The topological polar surface area (TPSA) is 90.7 Å². The van der Waals surface area contributed by atoms with E-state index in [0.29, 0.717) is 32.6 Å². The number of hydrogen-bond donors (Lipinski definition) is 2. The second kappa shape index (κ2) is 7.81. The Balaban J connectivity index is 0.00000361. The summed E-state index contributed by atoms with van der Waals surface area (Å²) in [5, 5.41) is 2.82. The summed E-state index contributed by atoms with van der Waals surface area (Å²) in [4.78, 5) is 23.9. The van der Waals surface area contributed by atoms with Crippen LogP contribution in [0.2, 0.25) is 0 Å².